The monoisotopic (exact) mass is 301 g/mol. The molecule has 0 atom stereocenters. The van der Waals surface area contributed by atoms with Gasteiger partial charge in [0, 0.05) is 18.9 Å². The highest BCUT2D eigenvalue weighted by molar-refractivity contribution is 7.99. The van der Waals surface area contributed by atoms with Crippen molar-refractivity contribution >= 4 is 23.6 Å². The lowest BCUT2D eigenvalue weighted by Gasteiger charge is -2.12. The molecule has 1 aliphatic heterocycles. The summed E-state index contributed by atoms with van der Waals surface area (Å²) in [7, 11) is 0. The first kappa shape index (κ1) is 14.9. The van der Waals surface area contributed by atoms with Gasteiger partial charge in [-0.25, -0.2) is 8.78 Å². The summed E-state index contributed by atoms with van der Waals surface area (Å²) in [6, 6.07) is 1.54. The highest BCUT2D eigenvalue weighted by Gasteiger charge is 2.36. The maximum atomic E-state index is 13.1. The summed E-state index contributed by atoms with van der Waals surface area (Å²) in [5.74, 6) is -2.20. The van der Waals surface area contributed by atoms with Crippen molar-refractivity contribution in [1.29, 1.82) is 0 Å². The SMILES string of the molecule is O=C1c2cc(F)c(F)cc2C(=O)N1CCSCCCO. The van der Waals surface area contributed by atoms with Crippen molar-refractivity contribution in [2.24, 2.45) is 0 Å². The van der Waals surface area contributed by atoms with Crippen LogP contribution in [0.3, 0.4) is 0 Å². The number of aliphatic hydroxyl groups excluding tert-OH is 1. The number of fused-ring (bicyclic) bond motifs is 1. The molecule has 0 saturated heterocycles. The van der Waals surface area contributed by atoms with Crippen LogP contribution >= 0.6 is 11.8 Å². The molecule has 1 aliphatic rings. The summed E-state index contributed by atoms with van der Waals surface area (Å²) < 4.78 is 26.2. The zero-order valence-electron chi connectivity index (χ0n) is 10.6. The molecule has 0 fully saturated rings. The van der Waals surface area contributed by atoms with Crippen LogP contribution < -0.4 is 0 Å². The minimum absolute atomic E-state index is 0.0886. The second kappa shape index (κ2) is 6.32. The Morgan fingerprint density at radius 2 is 1.60 bits per heavy atom. The molecular formula is C13H13F2NO3S. The van der Waals surface area contributed by atoms with Crippen molar-refractivity contribution in [1.82, 2.24) is 4.90 Å². The number of aliphatic hydroxyl groups is 1. The number of amides is 2. The standard InChI is InChI=1S/C13H13F2NO3S/c14-10-6-8-9(7-11(10)15)13(19)16(12(8)18)2-5-20-4-1-3-17/h6-7,17H,1-5H2. The third-order valence-electron chi connectivity index (χ3n) is 2.92. The predicted octanol–water partition coefficient (Wildman–Crippen LogP) is 1.68. The maximum absolute atomic E-state index is 13.1. The van der Waals surface area contributed by atoms with Crippen LogP contribution in [0.25, 0.3) is 0 Å². The summed E-state index contributed by atoms with van der Waals surface area (Å²) in [5, 5.41) is 8.63. The topological polar surface area (TPSA) is 57.6 Å². The van der Waals surface area contributed by atoms with Crippen molar-refractivity contribution in [3.63, 3.8) is 0 Å². The fourth-order valence-electron chi connectivity index (χ4n) is 1.91. The number of benzene rings is 1. The van der Waals surface area contributed by atoms with Gasteiger partial charge in [-0.3, -0.25) is 14.5 Å². The fourth-order valence-corrected chi connectivity index (χ4v) is 2.76. The minimum Gasteiger partial charge on any atom is -0.396 e. The Morgan fingerprint density at radius 3 is 2.10 bits per heavy atom. The van der Waals surface area contributed by atoms with Crippen LogP contribution in [0.1, 0.15) is 27.1 Å². The number of hydrogen-bond donors (Lipinski definition) is 1. The molecule has 20 heavy (non-hydrogen) atoms. The molecule has 4 nitrogen and oxygen atoms in total. The Kier molecular flexibility index (Phi) is 4.72. The van der Waals surface area contributed by atoms with E-state index >= 15 is 0 Å². The van der Waals surface area contributed by atoms with E-state index in [4.69, 9.17) is 5.11 Å². The van der Waals surface area contributed by atoms with Crippen LogP contribution in [0.4, 0.5) is 8.78 Å². The van der Waals surface area contributed by atoms with E-state index in [0.29, 0.717) is 12.2 Å². The average Bonchev–Trinajstić information content (AvgIpc) is 2.64. The van der Waals surface area contributed by atoms with Gasteiger partial charge in [0.25, 0.3) is 11.8 Å². The van der Waals surface area contributed by atoms with E-state index in [1.54, 1.807) is 0 Å². The van der Waals surface area contributed by atoms with Gasteiger partial charge in [0.05, 0.1) is 11.1 Å². The molecule has 108 valence electrons. The van der Waals surface area contributed by atoms with Crippen molar-refractivity contribution in [3.05, 3.63) is 34.9 Å². The lowest BCUT2D eigenvalue weighted by molar-refractivity contribution is 0.0664. The van der Waals surface area contributed by atoms with Gasteiger partial charge in [0.1, 0.15) is 0 Å². The molecule has 0 bridgehead atoms. The zero-order chi connectivity index (χ0) is 14.7. The van der Waals surface area contributed by atoms with Crippen LogP contribution in [0, 0.1) is 11.6 Å². The van der Waals surface area contributed by atoms with Crippen LogP contribution in [0.5, 0.6) is 0 Å². The number of carbonyl (C=O) groups is 2. The summed E-state index contributed by atoms with van der Waals surface area (Å²) in [4.78, 5) is 24.9. The van der Waals surface area contributed by atoms with Crippen LogP contribution in [0.2, 0.25) is 0 Å². The van der Waals surface area contributed by atoms with Crippen molar-refractivity contribution < 1.29 is 23.5 Å². The molecule has 1 aromatic carbocycles. The van der Waals surface area contributed by atoms with E-state index in [2.05, 4.69) is 0 Å². The Labute approximate surface area is 118 Å². The van der Waals surface area contributed by atoms with Gasteiger partial charge in [-0.15, -0.1) is 0 Å². The molecule has 0 unspecified atom stereocenters. The van der Waals surface area contributed by atoms with Gasteiger partial charge >= 0.3 is 0 Å². The first-order valence-corrected chi connectivity index (χ1v) is 7.25. The van der Waals surface area contributed by atoms with E-state index in [1.165, 1.54) is 11.8 Å². The third kappa shape index (κ3) is 2.83. The first-order chi connectivity index (χ1) is 9.56. The summed E-state index contributed by atoms with van der Waals surface area (Å²) in [6.45, 7) is 0.282. The smallest absolute Gasteiger partial charge is 0.261 e. The second-order valence-corrected chi connectivity index (χ2v) is 5.49. The normalized spacial score (nSPS) is 14.1. The largest absolute Gasteiger partial charge is 0.396 e. The van der Waals surface area contributed by atoms with Gasteiger partial charge in [-0.1, -0.05) is 0 Å². The van der Waals surface area contributed by atoms with Crippen molar-refractivity contribution in [2.75, 3.05) is 24.7 Å². The molecule has 1 N–H and O–H groups in total. The van der Waals surface area contributed by atoms with Gasteiger partial charge in [0.2, 0.25) is 0 Å². The molecule has 2 rings (SSSR count). The predicted molar refractivity (Wildman–Crippen MR) is 70.8 cm³/mol. The second-order valence-electron chi connectivity index (χ2n) is 4.26. The lowest BCUT2D eigenvalue weighted by atomic mass is 10.1. The molecule has 2 amide bonds. The van der Waals surface area contributed by atoms with Gasteiger partial charge in [0.15, 0.2) is 11.6 Å². The molecule has 1 aromatic rings. The Balaban J connectivity index is 2.04. The Morgan fingerprint density at radius 1 is 1.05 bits per heavy atom. The number of imide groups is 1. The highest BCUT2D eigenvalue weighted by Crippen LogP contribution is 2.25. The van der Waals surface area contributed by atoms with E-state index in [0.717, 1.165) is 22.8 Å². The molecule has 0 aromatic heterocycles. The first-order valence-electron chi connectivity index (χ1n) is 6.10. The van der Waals surface area contributed by atoms with Crippen LogP contribution in [0.15, 0.2) is 12.1 Å². The third-order valence-corrected chi connectivity index (χ3v) is 3.97. The number of hydrogen-bond acceptors (Lipinski definition) is 4. The number of rotatable bonds is 6. The van der Waals surface area contributed by atoms with Crippen LogP contribution in [-0.4, -0.2) is 46.5 Å². The quantitative estimate of drug-likeness (QED) is 0.641. The van der Waals surface area contributed by atoms with E-state index in [1.807, 2.05) is 0 Å². The minimum atomic E-state index is -1.14. The van der Waals surface area contributed by atoms with E-state index < -0.39 is 23.4 Å². The average molecular weight is 301 g/mol. The molecule has 0 radical (unpaired) electrons. The van der Waals surface area contributed by atoms with Crippen molar-refractivity contribution in [3.8, 4) is 0 Å². The van der Waals surface area contributed by atoms with Gasteiger partial charge < -0.3 is 5.11 Å². The number of thioether (sulfide) groups is 1. The van der Waals surface area contributed by atoms with Crippen LogP contribution in [-0.2, 0) is 0 Å². The maximum Gasteiger partial charge on any atom is 0.261 e. The summed E-state index contributed by atoms with van der Waals surface area (Å²) in [5.41, 5.74) is -0.177. The lowest BCUT2D eigenvalue weighted by Crippen LogP contribution is -2.31. The zero-order valence-corrected chi connectivity index (χ0v) is 11.4. The van der Waals surface area contributed by atoms with E-state index in [9.17, 15) is 18.4 Å². The molecule has 7 heteroatoms. The Bertz CT molecular complexity index is 510. The molecule has 0 aliphatic carbocycles. The molecule has 0 spiro atoms. The fraction of sp³-hybridized carbons (Fsp3) is 0.385. The molecule has 1 heterocycles. The highest BCUT2D eigenvalue weighted by atomic mass is 32.2. The molecule has 0 saturated carbocycles. The number of carbonyl (C=O) groups excluding carboxylic acids is 2. The summed E-state index contributed by atoms with van der Waals surface area (Å²) in [6.07, 6.45) is 0.642. The molecular weight excluding hydrogens is 288 g/mol. The number of halogens is 2. The Hall–Kier alpha value is -1.47. The number of nitrogens with zero attached hydrogens (tertiary/aromatic N) is 1. The van der Waals surface area contributed by atoms with Gasteiger partial charge in [-0.2, -0.15) is 11.8 Å². The van der Waals surface area contributed by atoms with E-state index in [-0.39, 0.29) is 24.3 Å². The van der Waals surface area contributed by atoms with Crippen molar-refractivity contribution in [2.45, 2.75) is 6.42 Å². The van der Waals surface area contributed by atoms with Gasteiger partial charge in [-0.05, 0) is 24.3 Å². The summed E-state index contributed by atoms with van der Waals surface area (Å²) >= 11 is 1.50.